The second-order valence-electron chi connectivity index (χ2n) is 8.11. The van der Waals surface area contributed by atoms with Crippen LogP contribution in [0.3, 0.4) is 0 Å². The van der Waals surface area contributed by atoms with E-state index in [-0.39, 0.29) is 23.5 Å². The lowest BCUT2D eigenvalue weighted by atomic mass is 9.84. The van der Waals surface area contributed by atoms with E-state index in [0.29, 0.717) is 47.8 Å². The molecule has 0 spiro atoms. The summed E-state index contributed by atoms with van der Waals surface area (Å²) in [4.78, 5) is 12.1. The Labute approximate surface area is 211 Å². The van der Waals surface area contributed by atoms with E-state index in [9.17, 15) is 18.3 Å². The molecule has 0 saturated carbocycles. The number of carboxylic acids is 1. The Balaban J connectivity index is 2.43. The molecule has 0 bridgehead atoms. The molecular weight excluding hydrogens is 488 g/mol. The monoisotopic (exact) mass is 522 g/mol. The van der Waals surface area contributed by atoms with E-state index < -0.39 is 21.3 Å². The first-order valence-electron chi connectivity index (χ1n) is 11.2. The molecule has 0 amide bonds. The number of aliphatic carboxylic acids is 1. The molecule has 5 N–H and O–H groups in total. The van der Waals surface area contributed by atoms with Gasteiger partial charge in [-0.1, -0.05) is 6.07 Å². The minimum atomic E-state index is -3.79. The zero-order valence-corrected chi connectivity index (χ0v) is 21.8. The van der Waals surface area contributed by atoms with Crippen molar-refractivity contribution in [1.29, 1.82) is 0 Å². The van der Waals surface area contributed by atoms with Crippen LogP contribution in [0.25, 0.3) is 6.08 Å². The average molecular weight is 523 g/mol. The van der Waals surface area contributed by atoms with Gasteiger partial charge < -0.3 is 35.5 Å². The van der Waals surface area contributed by atoms with Crippen molar-refractivity contribution in [2.24, 2.45) is 11.5 Å². The Morgan fingerprint density at radius 2 is 1.58 bits per heavy atom. The van der Waals surface area contributed by atoms with Crippen LogP contribution < -0.4 is 30.4 Å². The van der Waals surface area contributed by atoms with Gasteiger partial charge in [-0.3, -0.25) is 0 Å². The Morgan fingerprint density at radius 1 is 0.972 bits per heavy atom. The molecule has 1 atom stereocenters. The highest BCUT2D eigenvalue weighted by atomic mass is 32.2. The first kappa shape index (κ1) is 29.0. The van der Waals surface area contributed by atoms with Crippen LogP contribution >= 0.6 is 0 Å². The summed E-state index contributed by atoms with van der Waals surface area (Å²) in [6.45, 7) is 0.404. The summed E-state index contributed by atoms with van der Waals surface area (Å²) in [6, 6.07) is 7.77. The summed E-state index contributed by atoms with van der Waals surface area (Å²) in [5.41, 5.74) is 11.1. The fraction of sp³-hybridized carbons (Fsp3) is 0.400. The van der Waals surface area contributed by atoms with Crippen molar-refractivity contribution < 1.29 is 37.3 Å². The van der Waals surface area contributed by atoms with E-state index in [1.54, 1.807) is 18.2 Å². The van der Waals surface area contributed by atoms with Crippen LogP contribution in [0.15, 0.2) is 35.7 Å². The highest BCUT2D eigenvalue weighted by Gasteiger charge is 2.38. The summed E-state index contributed by atoms with van der Waals surface area (Å²) in [5, 5.41) is 11.0. The second kappa shape index (κ2) is 12.6. The van der Waals surface area contributed by atoms with E-state index in [2.05, 4.69) is 0 Å². The third-order valence-electron chi connectivity index (χ3n) is 5.71. The van der Waals surface area contributed by atoms with Gasteiger partial charge in [-0.25, -0.2) is 13.2 Å². The number of hydrogen-bond donors (Lipinski definition) is 3. The van der Waals surface area contributed by atoms with Crippen molar-refractivity contribution in [3.05, 3.63) is 52.4 Å². The van der Waals surface area contributed by atoms with Crippen LogP contribution in [0.5, 0.6) is 23.0 Å². The van der Waals surface area contributed by atoms with Gasteiger partial charge in [0.25, 0.3) is 0 Å². The van der Waals surface area contributed by atoms with Crippen LogP contribution in [0.1, 0.15) is 36.0 Å². The minimum absolute atomic E-state index is 0.114. The van der Waals surface area contributed by atoms with Crippen LogP contribution in [0.4, 0.5) is 0 Å². The van der Waals surface area contributed by atoms with Crippen LogP contribution in [0.2, 0.25) is 0 Å². The van der Waals surface area contributed by atoms with E-state index in [1.807, 2.05) is 0 Å². The zero-order chi connectivity index (χ0) is 26.9. The molecule has 0 aliphatic carbocycles. The lowest BCUT2D eigenvalue weighted by Gasteiger charge is -2.27. The second-order valence-corrected chi connectivity index (χ2v) is 10.00. The van der Waals surface area contributed by atoms with E-state index in [1.165, 1.54) is 46.6 Å². The summed E-state index contributed by atoms with van der Waals surface area (Å²) in [5.74, 6) is -0.134. The Bertz CT molecular complexity index is 1170. The van der Waals surface area contributed by atoms with Crippen molar-refractivity contribution in [3.63, 3.8) is 0 Å². The number of methoxy groups -OCH3 is 4. The van der Waals surface area contributed by atoms with Gasteiger partial charge in [0.2, 0.25) is 0 Å². The summed E-state index contributed by atoms with van der Waals surface area (Å²) >= 11 is 0. The molecule has 0 aliphatic rings. The molecule has 36 heavy (non-hydrogen) atoms. The number of benzene rings is 2. The fourth-order valence-electron chi connectivity index (χ4n) is 3.75. The van der Waals surface area contributed by atoms with Crippen molar-refractivity contribution in [2.75, 3.05) is 35.0 Å². The topological polar surface area (TPSA) is 160 Å². The highest BCUT2D eigenvalue weighted by molar-refractivity contribution is 7.93. The van der Waals surface area contributed by atoms with E-state index >= 15 is 0 Å². The molecular formula is C25H34N2O8S. The molecule has 2 aromatic rings. The van der Waals surface area contributed by atoms with Gasteiger partial charge >= 0.3 is 5.97 Å². The van der Waals surface area contributed by atoms with E-state index in [0.717, 1.165) is 5.41 Å². The quantitative estimate of drug-likeness (QED) is 0.315. The molecule has 2 aromatic carbocycles. The fourth-order valence-corrected chi connectivity index (χ4v) is 4.83. The molecule has 0 aliphatic heterocycles. The van der Waals surface area contributed by atoms with Gasteiger partial charge in [-0.2, -0.15) is 0 Å². The average Bonchev–Trinajstić information content (AvgIpc) is 2.86. The number of carboxylic acid groups (broad SMARTS) is 1. The number of carbonyl (C=O) groups is 1. The predicted octanol–water partition coefficient (Wildman–Crippen LogP) is 2.67. The normalized spacial score (nSPS) is 13.3. The molecule has 198 valence electrons. The Hall–Kier alpha value is -3.28. The maximum Gasteiger partial charge on any atom is 0.328 e. The predicted molar refractivity (Wildman–Crippen MR) is 137 cm³/mol. The van der Waals surface area contributed by atoms with Crippen molar-refractivity contribution in [3.8, 4) is 23.0 Å². The Kier molecular flexibility index (Phi) is 10.1. The number of hydrogen-bond acceptors (Lipinski definition) is 9. The van der Waals surface area contributed by atoms with E-state index in [4.69, 9.17) is 30.4 Å². The van der Waals surface area contributed by atoms with Gasteiger partial charge in [-0.05, 0) is 49.6 Å². The molecule has 0 aromatic heterocycles. The van der Waals surface area contributed by atoms with Gasteiger partial charge in [0.15, 0.2) is 9.84 Å². The SMILES string of the molecule is COc1cc(OC)c(C=CS(=O)(=O)Cc2ccc(OC)c([C@](N)(CCCCN)C(=O)O)c2)c(OC)c1. The molecule has 0 unspecified atom stereocenters. The first-order chi connectivity index (χ1) is 17.0. The van der Waals surface area contributed by atoms with Crippen molar-refractivity contribution in [2.45, 2.75) is 30.6 Å². The maximum atomic E-state index is 13.0. The molecule has 0 fully saturated rings. The molecule has 10 nitrogen and oxygen atoms in total. The number of sulfone groups is 1. The van der Waals surface area contributed by atoms with Crippen molar-refractivity contribution in [1.82, 2.24) is 0 Å². The van der Waals surface area contributed by atoms with Gasteiger partial charge in [0.05, 0.1) is 39.8 Å². The largest absolute Gasteiger partial charge is 0.496 e. The third kappa shape index (κ3) is 6.90. The van der Waals surface area contributed by atoms with Crippen LogP contribution in [-0.4, -0.2) is 54.5 Å². The molecule has 11 heteroatoms. The molecule has 0 radical (unpaired) electrons. The summed E-state index contributed by atoms with van der Waals surface area (Å²) in [6.07, 6.45) is 2.59. The standard InChI is InChI=1S/C25H34N2O8S/c1-32-18-14-22(34-3)19(23(15-18)35-4)9-12-36(30,31)16-17-7-8-21(33-2)20(13-17)25(27,24(28)29)10-5-6-11-26/h7-9,12-15H,5-6,10-11,16,26-27H2,1-4H3,(H,28,29)/t25-/m1/s1. The lowest BCUT2D eigenvalue weighted by molar-refractivity contribution is -0.144. The molecule has 2 rings (SSSR count). The highest BCUT2D eigenvalue weighted by Crippen LogP contribution is 2.36. The lowest BCUT2D eigenvalue weighted by Crippen LogP contribution is -2.45. The van der Waals surface area contributed by atoms with Crippen molar-refractivity contribution >= 4 is 21.9 Å². The minimum Gasteiger partial charge on any atom is -0.496 e. The smallest absolute Gasteiger partial charge is 0.328 e. The number of ether oxygens (including phenoxy) is 4. The maximum absolute atomic E-state index is 13.0. The summed E-state index contributed by atoms with van der Waals surface area (Å²) < 4.78 is 47.2. The Morgan fingerprint density at radius 3 is 2.08 bits per heavy atom. The van der Waals surface area contributed by atoms with Gasteiger partial charge in [0, 0.05) is 23.1 Å². The number of unbranched alkanes of at least 4 members (excludes halogenated alkanes) is 1. The summed E-state index contributed by atoms with van der Waals surface area (Å²) in [7, 11) is 2.01. The number of nitrogens with two attached hydrogens (primary N) is 2. The van der Waals surface area contributed by atoms with Crippen LogP contribution in [0, 0.1) is 0 Å². The molecule has 0 heterocycles. The molecule has 0 saturated heterocycles. The zero-order valence-electron chi connectivity index (χ0n) is 20.9. The van der Waals surface area contributed by atoms with Crippen LogP contribution in [-0.2, 0) is 25.9 Å². The third-order valence-corrected chi connectivity index (χ3v) is 7.00. The van der Waals surface area contributed by atoms with Gasteiger partial charge in [0.1, 0.15) is 28.5 Å². The first-order valence-corrected chi connectivity index (χ1v) is 12.9. The number of rotatable bonds is 14. The van der Waals surface area contributed by atoms with Gasteiger partial charge in [-0.15, -0.1) is 0 Å².